The van der Waals surface area contributed by atoms with Crippen LogP contribution in [0.15, 0.2) is 18.2 Å². The summed E-state index contributed by atoms with van der Waals surface area (Å²) in [5.41, 5.74) is 0.852. The molecule has 4 nitrogen and oxygen atoms in total. The third-order valence-electron chi connectivity index (χ3n) is 2.75. The lowest BCUT2D eigenvalue weighted by molar-refractivity contribution is 0.160. The molecule has 0 aliphatic heterocycles. The molecule has 100 valence electrons. The van der Waals surface area contributed by atoms with Crippen LogP contribution in [0.25, 0.3) is 0 Å². The molecule has 1 aromatic carbocycles. The van der Waals surface area contributed by atoms with Crippen molar-refractivity contribution in [2.75, 3.05) is 11.9 Å². The molecular weight excluding hydrogens is 235 g/mol. The van der Waals surface area contributed by atoms with E-state index in [2.05, 4.69) is 10.6 Å². The quantitative estimate of drug-likeness (QED) is 0.755. The van der Waals surface area contributed by atoms with Gasteiger partial charge in [-0.05, 0) is 31.9 Å². The number of halogens is 1. The number of carbonyl (C=O) groups excluding carboxylic acids is 1. The minimum absolute atomic E-state index is 0.353. The van der Waals surface area contributed by atoms with Gasteiger partial charge in [-0.25, -0.2) is 9.18 Å². The molecule has 0 bridgehead atoms. The van der Waals surface area contributed by atoms with Crippen LogP contribution in [0.4, 0.5) is 14.9 Å². The van der Waals surface area contributed by atoms with Gasteiger partial charge >= 0.3 is 6.03 Å². The first-order chi connectivity index (χ1) is 8.54. The molecule has 1 aromatic rings. The summed E-state index contributed by atoms with van der Waals surface area (Å²) in [4.78, 5) is 11.5. The number of carbonyl (C=O) groups is 1. The van der Waals surface area contributed by atoms with Gasteiger partial charge in [0.25, 0.3) is 0 Å². The highest BCUT2D eigenvalue weighted by Crippen LogP contribution is 2.16. The first kappa shape index (κ1) is 14.4. The van der Waals surface area contributed by atoms with Gasteiger partial charge in [-0.2, -0.15) is 0 Å². The largest absolute Gasteiger partial charge is 0.393 e. The number of rotatable bonds is 5. The van der Waals surface area contributed by atoms with E-state index in [0.29, 0.717) is 30.6 Å². The summed E-state index contributed by atoms with van der Waals surface area (Å²) in [5.74, 6) is -0.353. The van der Waals surface area contributed by atoms with Crippen molar-refractivity contribution in [1.82, 2.24) is 5.32 Å². The Balaban J connectivity index is 2.43. The van der Waals surface area contributed by atoms with E-state index in [0.717, 1.165) is 0 Å². The number of hydrogen-bond acceptors (Lipinski definition) is 2. The fourth-order valence-corrected chi connectivity index (χ4v) is 1.47. The minimum atomic E-state index is -0.402. The normalized spacial score (nSPS) is 12.0. The molecule has 0 saturated carbocycles. The summed E-state index contributed by atoms with van der Waals surface area (Å²) in [6, 6.07) is 4.13. The Morgan fingerprint density at radius 1 is 1.50 bits per heavy atom. The van der Waals surface area contributed by atoms with E-state index in [1.165, 1.54) is 6.07 Å². The first-order valence-electron chi connectivity index (χ1n) is 6.02. The van der Waals surface area contributed by atoms with E-state index in [-0.39, 0.29) is 5.82 Å². The van der Waals surface area contributed by atoms with Crippen LogP contribution < -0.4 is 10.6 Å². The van der Waals surface area contributed by atoms with Crippen LogP contribution in [0.1, 0.15) is 25.3 Å². The molecule has 0 spiro atoms. The van der Waals surface area contributed by atoms with Gasteiger partial charge in [-0.3, -0.25) is 0 Å². The zero-order valence-electron chi connectivity index (χ0n) is 10.7. The predicted molar refractivity (Wildman–Crippen MR) is 69.1 cm³/mol. The maximum absolute atomic E-state index is 13.2. The van der Waals surface area contributed by atoms with Gasteiger partial charge < -0.3 is 15.7 Å². The van der Waals surface area contributed by atoms with E-state index in [1.54, 1.807) is 19.1 Å². The highest BCUT2D eigenvalue weighted by Gasteiger charge is 2.07. The molecule has 1 rings (SSSR count). The lowest BCUT2D eigenvalue weighted by Gasteiger charge is -2.11. The molecule has 0 saturated heterocycles. The van der Waals surface area contributed by atoms with E-state index < -0.39 is 12.1 Å². The van der Waals surface area contributed by atoms with Crippen molar-refractivity contribution in [3.05, 3.63) is 29.6 Å². The van der Waals surface area contributed by atoms with Crippen molar-refractivity contribution in [2.45, 2.75) is 32.8 Å². The van der Waals surface area contributed by atoms with Crippen molar-refractivity contribution < 1.29 is 14.3 Å². The molecule has 1 atom stereocenters. The van der Waals surface area contributed by atoms with Crippen molar-refractivity contribution in [1.29, 1.82) is 0 Å². The Kier molecular flexibility index (Phi) is 5.58. The molecule has 0 aliphatic rings. The van der Waals surface area contributed by atoms with Gasteiger partial charge in [-0.15, -0.1) is 0 Å². The second kappa shape index (κ2) is 6.96. The second-order valence-electron chi connectivity index (χ2n) is 4.14. The van der Waals surface area contributed by atoms with Crippen LogP contribution in [-0.4, -0.2) is 23.8 Å². The summed E-state index contributed by atoms with van der Waals surface area (Å²) >= 11 is 0. The van der Waals surface area contributed by atoms with E-state index >= 15 is 0 Å². The molecular formula is C13H19FN2O2. The third-order valence-corrected chi connectivity index (χ3v) is 2.75. The number of amides is 2. The highest BCUT2D eigenvalue weighted by atomic mass is 19.1. The molecule has 0 aromatic heterocycles. The van der Waals surface area contributed by atoms with Gasteiger partial charge in [-0.1, -0.05) is 13.0 Å². The average molecular weight is 254 g/mol. The number of aliphatic hydroxyl groups is 1. The zero-order chi connectivity index (χ0) is 13.5. The van der Waals surface area contributed by atoms with Crippen LogP contribution in [0.3, 0.4) is 0 Å². The number of anilines is 1. The number of aliphatic hydroxyl groups excluding tert-OH is 1. The van der Waals surface area contributed by atoms with Crippen molar-refractivity contribution in [2.24, 2.45) is 0 Å². The molecule has 0 radical (unpaired) electrons. The van der Waals surface area contributed by atoms with Gasteiger partial charge in [0.05, 0.1) is 6.10 Å². The number of urea groups is 1. The standard InChI is InChI=1S/C13H19FN2O2/c1-3-10(17)7-8-15-13(18)16-12-6-4-5-11(14)9(12)2/h4-6,10,17H,3,7-8H2,1-2H3,(H2,15,16,18). The lowest BCUT2D eigenvalue weighted by Crippen LogP contribution is -2.31. The Bertz CT molecular complexity index is 410. The van der Waals surface area contributed by atoms with Crippen LogP contribution in [-0.2, 0) is 0 Å². The molecule has 0 fully saturated rings. The SMILES string of the molecule is CCC(O)CCNC(=O)Nc1cccc(F)c1C. The first-order valence-corrected chi connectivity index (χ1v) is 6.02. The fourth-order valence-electron chi connectivity index (χ4n) is 1.47. The van der Waals surface area contributed by atoms with Crippen molar-refractivity contribution in [3.8, 4) is 0 Å². The van der Waals surface area contributed by atoms with Crippen LogP contribution in [0, 0.1) is 12.7 Å². The van der Waals surface area contributed by atoms with Crippen molar-refractivity contribution in [3.63, 3.8) is 0 Å². The Labute approximate surface area is 106 Å². The minimum Gasteiger partial charge on any atom is -0.393 e. The second-order valence-corrected chi connectivity index (χ2v) is 4.14. The third kappa shape index (κ3) is 4.33. The van der Waals surface area contributed by atoms with E-state index in [9.17, 15) is 14.3 Å². The Morgan fingerprint density at radius 3 is 2.89 bits per heavy atom. The van der Waals surface area contributed by atoms with Gasteiger partial charge in [0.1, 0.15) is 5.82 Å². The average Bonchev–Trinajstić information content (AvgIpc) is 2.34. The molecule has 3 N–H and O–H groups in total. The van der Waals surface area contributed by atoms with Gasteiger partial charge in [0, 0.05) is 17.8 Å². The van der Waals surface area contributed by atoms with Crippen LogP contribution >= 0.6 is 0 Å². The Hall–Kier alpha value is -1.62. The molecule has 0 heterocycles. The highest BCUT2D eigenvalue weighted by molar-refractivity contribution is 5.90. The zero-order valence-corrected chi connectivity index (χ0v) is 10.7. The monoisotopic (exact) mass is 254 g/mol. The maximum Gasteiger partial charge on any atom is 0.319 e. The number of nitrogens with one attached hydrogen (secondary N) is 2. The summed E-state index contributed by atoms with van der Waals surface area (Å²) < 4.78 is 13.2. The van der Waals surface area contributed by atoms with E-state index in [4.69, 9.17) is 0 Å². The molecule has 5 heteroatoms. The summed E-state index contributed by atoms with van der Waals surface area (Å²) in [5, 5.41) is 14.5. The van der Waals surface area contributed by atoms with Gasteiger partial charge in [0.2, 0.25) is 0 Å². The molecule has 2 amide bonds. The Morgan fingerprint density at radius 2 is 2.22 bits per heavy atom. The van der Waals surface area contributed by atoms with Crippen molar-refractivity contribution >= 4 is 11.7 Å². The predicted octanol–water partition coefficient (Wildman–Crippen LogP) is 2.42. The molecule has 0 aliphatic carbocycles. The summed E-state index contributed by atoms with van der Waals surface area (Å²) in [6.45, 7) is 3.86. The maximum atomic E-state index is 13.2. The summed E-state index contributed by atoms with van der Waals surface area (Å²) in [6.07, 6.45) is 0.763. The smallest absolute Gasteiger partial charge is 0.319 e. The topological polar surface area (TPSA) is 61.4 Å². The number of hydrogen-bond donors (Lipinski definition) is 3. The van der Waals surface area contributed by atoms with Crippen LogP contribution in [0.2, 0.25) is 0 Å². The summed E-state index contributed by atoms with van der Waals surface area (Å²) in [7, 11) is 0. The lowest BCUT2D eigenvalue weighted by atomic mass is 10.2. The van der Waals surface area contributed by atoms with Crippen LogP contribution in [0.5, 0.6) is 0 Å². The molecule has 18 heavy (non-hydrogen) atoms. The van der Waals surface area contributed by atoms with E-state index in [1.807, 2.05) is 6.92 Å². The fraction of sp³-hybridized carbons (Fsp3) is 0.462. The van der Waals surface area contributed by atoms with Gasteiger partial charge in [0.15, 0.2) is 0 Å². The number of benzene rings is 1. The molecule has 1 unspecified atom stereocenters.